The summed E-state index contributed by atoms with van der Waals surface area (Å²) in [6, 6.07) is 0. The van der Waals surface area contributed by atoms with Crippen molar-refractivity contribution in [2.24, 2.45) is 0 Å². The van der Waals surface area contributed by atoms with Crippen LogP contribution in [0, 0.1) is 0 Å². The fourth-order valence-electron chi connectivity index (χ4n) is 0. The molecular formula is C3H11GaO2. The van der Waals surface area contributed by atoms with Crippen LogP contribution in [0.15, 0.2) is 0 Å². The first-order chi connectivity index (χ1) is 2.73. The van der Waals surface area contributed by atoms with Crippen molar-refractivity contribution in [3.8, 4) is 0 Å². The fourth-order valence-corrected chi connectivity index (χ4v) is 0. The number of carbonyl (C=O) groups is 1. The number of aliphatic carboxylic acids is 1. The SMILES string of the molecule is C.CC(=O)O.[2H][GaH2]. The first-order valence-corrected chi connectivity index (χ1v) is 0.928. The predicted octanol–water partition coefficient (Wildman–Crippen LogP) is -0.457. The Bertz CT molecular complexity index is 35.9. The van der Waals surface area contributed by atoms with E-state index in [1.54, 1.807) is 0 Å². The monoisotopic (exact) mass is 149 g/mol. The Morgan fingerprint density at radius 1 is 2.00 bits per heavy atom. The third-order valence-electron chi connectivity index (χ3n) is 0. The van der Waals surface area contributed by atoms with Gasteiger partial charge in [0, 0.05) is 6.92 Å². The van der Waals surface area contributed by atoms with Crippen LogP contribution in [0.5, 0.6) is 0 Å². The first kappa shape index (κ1) is 9.44. The van der Waals surface area contributed by atoms with E-state index in [1.807, 2.05) is 0 Å². The van der Waals surface area contributed by atoms with Crippen LogP contribution in [-0.2, 0) is 4.79 Å². The van der Waals surface area contributed by atoms with Gasteiger partial charge >= 0.3 is 20.4 Å². The van der Waals surface area contributed by atoms with Gasteiger partial charge in [-0.2, -0.15) is 0 Å². The Morgan fingerprint density at radius 2 is 2.00 bits per heavy atom. The van der Waals surface area contributed by atoms with E-state index in [1.165, 1.54) is 0 Å². The van der Waals surface area contributed by atoms with Crippen molar-refractivity contribution in [3.05, 3.63) is 0 Å². The van der Waals surface area contributed by atoms with Crippen molar-refractivity contribution in [1.82, 2.24) is 0 Å². The molecule has 0 radical (unpaired) electrons. The topological polar surface area (TPSA) is 37.3 Å². The summed E-state index contributed by atoms with van der Waals surface area (Å²) >= 11 is 0.312. The second kappa shape index (κ2) is 8.92. The van der Waals surface area contributed by atoms with Crippen LogP contribution in [0.25, 0.3) is 0 Å². The van der Waals surface area contributed by atoms with Gasteiger partial charge in [0.1, 0.15) is 0 Å². The van der Waals surface area contributed by atoms with Gasteiger partial charge in [0.25, 0.3) is 5.97 Å². The van der Waals surface area contributed by atoms with Crippen LogP contribution in [0.3, 0.4) is 0 Å². The van der Waals surface area contributed by atoms with Crippen LogP contribution in [-0.4, -0.2) is 31.5 Å². The zero-order chi connectivity index (χ0) is 5.58. The molecule has 0 aliphatic heterocycles. The number of carboxylic acid groups (broad SMARTS) is 1. The molecule has 0 heterocycles. The molecule has 0 bridgehead atoms. The summed E-state index contributed by atoms with van der Waals surface area (Å²) in [5.41, 5.74) is 0. The molecule has 0 aliphatic carbocycles. The molecule has 0 aromatic heterocycles. The van der Waals surface area contributed by atoms with Crippen LogP contribution in [0.2, 0.25) is 0 Å². The van der Waals surface area contributed by atoms with Gasteiger partial charge in [-0.15, -0.1) is 0 Å². The second-order valence-electron chi connectivity index (χ2n) is 0.519. The number of rotatable bonds is 0. The summed E-state index contributed by atoms with van der Waals surface area (Å²) < 4.78 is 5.94. The maximum atomic E-state index is 9.00. The average molecular weight is 150 g/mol. The molecule has 0 aromatic rings. The van der Waals surface area contributed by atoms with Crippen molar-refractivity contribution >= 4 is 25.6 Å². The van der Waals surface area contributed by atoms with Crippen molar-refractivity contribution in [1.29, 1.82) is 0.816 Å². The Labute approximate surface area is 51.3 Å². The van der Waals surface area contributed by atoms with E-state index < -0.39 is 5.97 Å². The zero-order valence-electron chi connectivity index (χ0n) is 4.36. The molecule has 0 saturated heterocycles. The summed E-state index contributed by atoms with van der Waals surface area (Å²) in [7, 11) is 0. The van der Waals surface area contributed by atoms with E-state index in [4.69, 9.17) is 10.7 Å². The summed E-state index contributed by atoms with van der Waals surface area (Å²) in [6.45, 7) is 1.08. The Morgan fingerprint density at radius 3 is 2.00 bits per heavy atom. The molecule has 1 N–H and O–H groups in total. The van der Waals surface area contributed by atoms with Crippen molar-refractivity contribution in [2.75, 3.05) is 0 Å². The summed E-state index contributed by atoms with van der Waals surface area (Å²) in [5, 5.41) is 7.42. The molecule has 0 amide bonds. The van der Waals surface area contributed by atoms with E-state index >= 15 is 0 Å². The quantitative estimate of drug-likeness (QED) is 0.474. The molecule has 0 fully saturated rings. The molecule has 0 unspecified atom stereocenters. The summed E-state index contributed by atoms with van der Waals surface area (Å²) in [6.07, 6.45) is 0. The van der Waals surface area contributed by atoms with Gasteiger partial charge < -0.3 is 5.11 Å². The van der Waals surface area contributed by atoms with Crippen molar-refractivity contribution in [2.45, 2.75) is 14.4 Å². The Hall–Kier alpha value is 0.106. The van der Waals surface area contributed by atoms with Crippen LogP contribution in [0.1, 0.15) is 14.4 Å². The molecule has 38 valence electrons. The van der Waals surface area contributed by atoms with Crippen LogP contribution < -0.4 is 0 Å². The molecular weight excluding hydrogens is 138 g/mol. The van der Waals surface area contributed by atoms with E-state index in [9.17, 15) is 0 Å². The van der Waals surface area contributed by atoms with Crippen LogP contribution >= 0.6 is 0 Å². The first-order valence-electron chi connectivity index (χ1n) is 1.93. The second-order valence-corrected chi connectivity index (χ2v) is 0.519. The van der Waals surface area contributed by atoms with E-state index in [2.05, 4.69) is 0 Å². The van der Waals surface area contributed by atoms with E-state index in [-0.39, 0.29) is 7.43 Å². The van der Waals surface area contributed by atoms with Crippen molar-refractivity contribution in [3.63, 3.8) is 0 Å². The van der Waals surface area contributed by atoms with Gasteiger partial charge in [0.15, 0.2) is 0 Å². The van der Waals surface area contributed by atoms with Gasteiger partial charge in [0.2, 0.25) is 0 Å². The number of carboxylic acids is 1. The minimum atomic E-state index is -0.833. The molecule has 6 heavy (non-hydrogen) atoms. The van der Waals surface area contributed by atoms with Gasteiger partial charge in [0.05, 0.1) is 0 Å². The molecule has 0 atom stereocenters. The fraction of sp³-hybridized carbons (Fsp3) is 0.667. The average Bonchev–Trinajstić information content (AvgIpc) is 1.41. The number of hydrogen-bond acceptors (Lipinski definition) is 1. The third-order valence-corrected chi connectivity index (χ3v) is 0. The molecule has 3 heteroatoms. The normalized spacial score (nSPS) is 5.17. The zero-order valence-corrected chi connectivity index (χ0v) is 7.55. The molecule has 0 aliphatic rings. The Balaban J connectivity index is -0.0000000480. The molecule has 0 aromatic carbocycles. The van der Waals surface area contributed by atoms with Gasteiger partial charge in [-0.05, 0) is 0 Å². The van der Waals surface area contributed by atoms with Gasteiger partial charge in [-0.25, -0.2) is 0 Å². The Kier molecular flexibility index (Phi) is 14.0. The number of hydrogen-bond donors (Lipinski definition) is 1. The molecule has 0 spiro atoms. The van der Waals surface area contributed by atoms with E-state index in [0.717, 1.165) is 6.92 Å². The van der Waals surface area contributed by atoms with E-state index in [0.29, 0.717) is 19.6 Å². The van der Waals surface area contributed by atoms with Gasteiger partial charge in [-0.1, -0.05) is 7.43 Å². The van der Waals surface area contributed by atoms with Crippen LogP contribution in [0.4, 0.5) is 0 Å². The molecule has 0 rings (SSSR count). The minimum absolute atomic E-state index is 0. The summed E-state index contributed by atoms with van der Waals surface area (Å²) in [5.74, 6) is -0.833. The molecule has 0 saturated carbocycles. The summed E-state index contributed by atoms with van der Waals surface area (Å²) in [4.78, 5) is 9.00. The third kappa shape index (κ3) is 3500. The van der Waals surface area contributed by atoms with Gasteiger partial charge in [-0.3, -0.25) is 4.79 Å². The van der Waals surface area contributed by atoms with Crippen molar-refractivity contribution < 1.29 is 9.90 Å². The maximum absolute atomic E-state index is 9.00. The molecule has 2 nitrogen and oxygen atoms in total. The predicted molar refractivity (Wildman–Crippen MR) is 30.0 cm³/mol. The standard InChI is InChI=1S/C2H4O2.CH4.Ga.3H/c1-2(3)4;;;;;/h1H3,(H,3,4);1H4;;;;/i;;;1+1;;.